The molecule has 110 valence electrons. The van der Waals surface area contributed by atoms with Gasteiger partial charge < -0.3 is 9.52 Å². The van der Waals surface area contributed by atoms with Gasteiger partial charge in [0.25, 0.3) is 0 Å². The molecule has 1 N–H and O–H groups in total. The van der Waals surface area contributed by atoms with Crippen LogP contribution >= 0.6 is 0 Å². The van der Waals surface area contributed by atoms with Gasteiger partial charge in [0.15, 0.2) is 0 Å². The Bertz CT molecular complexity index is 579. The maximum absolute atomic E-state index is 11.0. The third-order valence-electron chi connectivity index (χ3n) is 5.18. The van der Waals surface area contributed by atoms with Crippen molar-refractivity contribution < 1.29 is 9.52 Å². The van der Waals surface area contributed by atoms with E-state index in [9.17, 15) is 5.11 Å². The Morgan fingerprint density at radius 2 is 1.81 bits per heavy atom. The molecule has 3 heteroatoms. The number of benzene rings is 1. The summed E-state index contributed by atoms with van der Waals surface area (Å²) in [5, 5.41) is 11.0. The first-order chi connectivity index (χ1) is 10.2. The first-order valence-electron chi connectivity index (χ1n) is 7.79. The van der Waals surface area contributed by atoms with E-state index in [2.05, 4.69) is 35.2 Å². The van der Waals surface area contributed by atoms with Crippen LogP contribution < -0.4 is 0 Å². The lowest BCUT2D eigenvalue weighted by Crippen LogP contribution is -2.49. The molecule has 3 nitrogen and oxygen atoms in total. The van der Waals surface area contributed by atoms with Crippen molar-refractivity contribution in [1.29, 1.82) is 0 Å². The average molecular weight is 283 g/mol. The molecular weight excluding hydrogens is 262 g/mol. The smallest absolute Gasteiger partial charge is 0.0963 e. The quantitative estimate of drug-likeness (QED) is 0.939. The van der Waals surface area contributed by atoms with Crippen molar-refractivity contribution in [1.82, 2.24) is 4.90 Å². The Hall–Kier alpha value is -1.58. The fourth-order valence-electron chi connectivity index (χ4n) is 4.13. The predicted molar refractivity (Wildman–Crippen MR) is 80.6 cm³/mol. The molecule has 3 heterocycles. The Morgan fingerprint density at radius 3 is 2.43 bits per heavy atom. The van der Waals surface area contributed by atoms with Crippen LogP contribution in [0.25, 0.3) is 0 Å². The number of hydrogen-bond donors (Lipinski definition) is 1. The van der Waals surface area contributed by atoms with Gasteiger partial charge in [-0.2, -0.15) is 0 Å². The normalized spacial score (nSPS) is 32.4. The summed E-state index contributed by atoms with van der Waals surface area (Å²) in [5.41, 5.74) is 1.60. The second kappa shape index (κ2) is 5.00. The first-order valence-corrected chi connectivity index (χ1v) is 7.79. The van der Waals surface area contributed by atoms with Crippen LogP contribution in [0.4, 0.5) is 0 Å². The fourth-order valence-corrected chi connectivity index (χ4v) is 4.13. The molecule has 1 aromatic heterocycles. The van der Waals surface area contributed by atoms with E-state index in [0.717, 1.165) is 24.9 Å². The maximum Gasteiger partial charge on any atom is 0.0963 e. The molecule has 2 saturated heterocycles. The maximum atomic E-state index is 11.0. The molecule has 0 aliphatic carbocycles. The largest absolute Gasteiger partial charge is 0.472 e. The summed E-state index contributed by atoms with van der Waals surface area (Å²) in [6.45, 7) is 0.998. The van der Waals surface area contributed by atoms with Crippen LogP contribution in [0.5, 0.6) is 0 Å². The van der Waals surface area contributed by atoms with Crippen molar-refractivity contribution in [3.05, 3.63) is 60.1 Å². The molecule has 2 atom stereocenters. The lowest BCUT2D eigenvalue weighted by Gasteiger charge is -2.43. The lowest BCUT2D eigenvalue weighted by molar-refractivity contribution is -0.0598. The van der Waals surface area contributed by atoms with Crippen LogP contribution in [0.2, 0.25) is 0 Å². The van der Waals surface area contributed by atoms with E-state index in [1.807, 2.05) is 6.07 Å². The van der Waals surface area contributed by atoms with Gasteiger partial charge in [-0.1, -0.05) is 30.3 Å². The molecule has 2 aliphatic heterocycles. The molecule has 0 saturated carbocycles. The molecule has 2 aromatic rings. The Labute approximate surface area is 125 Å². The van der Waals surface area contributed by atoms with Crippen LogP contribution in [0.1, 0.15) is 36.8 Å². The van der Waals surface area contributed by atoms with Crippen molar-refractivity contribution in [3.8, 4) is 0 Å². The highest BCUT2D eigenvalue weighted by Gasteiger charge is 2.48. The molecule has 2 bridgehead atoms. The number of rotatable bonds is 3. The molecular formula is C18H21NO2. The Balaban J connectivity index is 1.54. The summed E-state index contributed by atoms with van der Waals surface area (Å²) in [4.78, 5) is 2.59. The van der Waals surface area contributed by atoms with Crippen LogP contribution in [0.15, 0.2) is 53.3 Å². The van der Waals surface area contributed by atoms with Gasteiger partial charge in [-0.3, -0.25) is 4.90 Å². The highest BCUT2D eigenvalue weighted by molar-refractivity contribution is 5.21. The zero-order valence-electron chi connectivity index (χ0n) is 12.1. The SMILES string of the molecule is OC1(c2ccoc2)CC2CCC(C1)N2Cc1ccccc1. The van der Waals surface area contributed by atoms with Gasteiger partial charge in [0.1, 0.15) is 0 Å². The summed E-state index contributed by atoms with van der Waals surface area (Å²) in [6.07, 6.45) is 7.37. The van der Waals surface area contributed by atoms with Crippen molar-refractivity contribution in [2.45, 2.75) is 49.9 Å². The zero-order valence-corrected chi connectivity index (χ0v) is 12.1. The minimum absolute atomic E-state index is 0.476. The van der Waals surface area contributed by atoms with E-state index in [0.29, 0.717) is 12.1 Å². The average Bonchev–Trinajstić information content (AvgIpc) is 3.10. The first kappa shape index (κ1) is 13.1. The highest BCUT2D eigenvalue weighted by atomic mass is 16.3. The number of aliphatic hydroxyl groups is 1. The molecule has 0 amide bonds. The van der Waals surface area contributed by atoms with Crippen molar-refractivity contribution in [3.63, 3.8) is 0 Å². The summed E-state index contributed by atoms with van der Waals surface area (Å²) < 4.78 is 5.17. The van der Waals surface area contributed by atoms with Gasteiger partial charge in [0, 0.05) is 24.2 Å². The van der Waals surface area contributed by atoms with Gasteiger partial charge in [-0.25, -0.2) is 0 Å². The second-order valence-corrected chi connectivity index (χ2v) is 6.49. The summed E-state index contributed by atoms with van der Waals surface area (Å²) in [6, 6.07) is 13.5. The molecule has 2 unspecified atom stereocenters. The van der Waals surface area contributed by atoms with Gasteiger partial charge in [0.05, 0.1) is 18.1 Å². The van der Waals surface area contributed by atoms with E-state index >= 15 is 0 Å². The van der Waals surface area contributed by atoms with E-state index < -0.39 is 5.60 Å². The third-order valence-corrected chi connectivity index (χ3v) is 5.18. The Kier molecular flexibility index (Phi) is 3.12. The van der Waals surface area contributed by atoms with Crippen LogP contribution in [-0.4, -0.2) is 22.1 Å². The van der Waals surface area contributed by atoms with Crippen molar-refractivity contribution in [2.24, 2.45) is 0 Å². The van der Waals surface area contributed by atoms with Crippen LogP contribution in [0, 0.1) is 0 Å². The number of nitrogens with zero attached hydrogens (tertiary/aromatic N) is 1. The second-order valence-electron chi connectivity index (χ2n) is 6.49. The standard InChI is InChI=1S/C18H21NO2/c20-18(15-8-9-21-13-15)10-16-6-7-17(11-18)19(16)12-14-4-2-1-3-5-14/h1-5,8-9,13,16-17,20H,6-7,10-12H2. The van der Waals surface area contributed by atoms with Crippen molar-refractivity contribution >= 4 is 0 Å². The number of fused-ring (bicyclic) bond motifs is 2. The topological polar surface area (TPSA) is 36.6 Å². The number of hydrogen-bond acceptors (Lipinski definition) is 3. The molecule has 2 fully saturated rings. The molecule has 0 radical (unpaired) electrons. The molecule has 0 spiro atoms. The van der Waals surface area contributed by atoms with E-state index in [1.165, 1.54) is 18.4 Å². The lowest BCUT2D eigenvalue weighted by atomic mass is 9.81. The van der Waals surface area contributed by atoms with Gasteiger partial charge in [0.2, 0.25) is 0 Å². The third kappa shape index (κ3) is 2.30. The molecule has 2 aliphatic rings. The van der Waals surface area contributed by atoms with Gasteiger partial charge >= 0.3 is 0 Å². The van der Waals surface area contributed by atoms with Crippen LogP contribution in [0.3, 0.4) is 0 Å². The summed E-state index contributed by atoms with van der Waals surface area (Å²) in [7, 11) is 0. The van der Waals surface area contributed by atoms with E-state index in [-0.39, 0.29) is 0 Å². The molecule has 21 heavy (non-hydrogen) atoms. The number of furan rings is 1. The number of piperidine rings is 1. The molecule has 1 aromatic carbocycles. The summed E-state index contributed by atoms with van der Waals surface area (Å²) in [5.74, 6) is 0. The van der Waals surface area contributed by atoms with Gasteiger partial charge in [-0.15, -0.1) is 0 Å². The minimum atomic E-state index is -0.702. The van der Waals surface area contributed by atoms with Gasteiger partial charge in [-0.05, 0) is 37.3 Å². The minimum Gasteiger partial charge on any atom is -0.472 e. The summed E-state index contributed by atoms with van der Waals surface area (Å²) >= 11 is 0. The van der Waals surface area contributed by atoms with E-state index in [4.69, 9.17) is 4.42 Å². The zero-order chi connectivity index (χ0) is 14.3. The monoisotopic (exact) mass is 283 g/mol. The highest BCUT2D eigenvalue weighted by Crippen LogP contribution is 2.46. The van der Waals surface area contributed by atoms with E-state index in [1.54, 1.807) is 12.5 Å². The fraction of sp³-hybridized carbons (Fsp3) is 0.444. The van der Waals surface area contributed by atoms with Crippen molar-refractivity contribution in [2.75, 3.05) is 0 Å². The van der Waals surface area contributed by atoms with Crippen LogP contribution in [-0.2, 0) is 12.1 Å². The molecule has 4 rings (SSSR count). The Morgan fingerprint density at radius 1 is 1.10 bits per heavy atom. The predicted octanol–water partition coefficient (Wildman–Crippen LogP) is 3.29.